The standard InChI is InChI=1S/C20H26O3/c1-19(2,3)23-18(21)13-20(22)12-15-9-10-16(20)11-17(15)14-7-5-4-6-8-14/h4-8,11,15-16,22H,9-10,12-13H2,1-3H3/t15-,16-,20-/m1/s1. The molecule has 2 bridgehead atoms. The molecule has 1 aromatic carbocycles. The highest BCUT2D eigenvalue weighted by Crippen LogP contribution is 2.51. The van der Waals surface area contributed by atoms with Crippen molar-refractivity contribution in [2.45, 2.75) is 57.7 Å². The molecular weight excluding hydrogens is 288 g/mol. The maximum Gasteiger partial charge on any atom is 0.309 e. The molecule has 0 radical (unpaired) electrons. The van der Waals surface area contributed by atoms with E-state index in [1.165, 1.54) is 11.1 Å². The first-order chi connectivity index (χ1) is 10.8. The first-order valence-electron chi connectivity index (χ1n) is 8.48. The molecule has 0 amide bonds. The summed E-state index contributed by atoms with van der Waals surface area (Å²) in [6.07, 6.45) is 4.96. The molecule has 3 aliphatic carbocycles. The number of rotatable bonds is 3. The zero-order valence-electron chi connectivity index (χ0n) is 14.2. The van der Waals surface area contributed by atoms with Gasteiger partial charge in [-0.25, -0.2) is 0 Å². The van der Waals surface area contributed by atoms with Crippen molar-refractivity contribution in [1.29, 1.82) is 0 Å². The average molecular weight is 314 g/mol. The zero-order chi connectivity index (χ0) is 16.7. The van der Waals surface area contributed by atoms with Crippen LogP contribution in [0.1, 0.15) is 52.0 Å². The lowest BCUT2D eigenvalue weighted by atomic mass is 9.61. The Bertz CT molecular complexity index is 612. The molecule has 124 valence electrons. The van der Waals surface area contributed by atoms with E-state index in [9.17, 15) is 9.90 Å². The zero-order valence-corrected chi connectivity index (χ0v) is 14.2. The number of hydrogen-bond acceptors (Lipinski definition) is 3. The third kappa shape index (κ3) is 3.50. The topological polar surface area (TPSA) is 46.5 Å². The Morgan fingerprint density at radius 2 is 1.96 bits per heavy atom. The minimum absolute atomic E-state index is 0.0372. The molecule has 23 heavy (non-hydrogen) atoms. The van der Waals surface area contributed by atoms with Gasteiger partial charge in [0.25, 0.3) is 0 Å². The molecule has 0 unspecified atom stereocenters. The highest BCUT2D eigenvalue weighted by Gasteiger charge is 2.48. The summed E-state index contributed by atoms with van der Waals surface area (Å²) in [4.78, 5) is 12.2. The van der Waals surface area contributed by atoms with E-state index in [1.807, 2.05) is 39.0 Å². The van der Waals surface area contributed by atoms with Crippen molar-refractivity contribution in [3.05, 3.63) is 42.0 Å². The van der Waals surface area contributed by atoms with Crippen LogP contribution in [0.5, 0.6) is 0 Å². The molecule has 0 saturated heterocycles. The van der Waals surface area contributed by atoms with Crippen molar-refractivity contribution in [2.24, 2.45) is 11.8 Å². The van der Waals surface area contributed by atoms with Gasteiger partial charge >= 0.3 is 5.97 Å². The van der Waals surface area contributed by atoms with E-state index in [0.717, 1.165) is 12.8 Å². The number of esters is 1. The van der Waals surface area contributed by atoms with Gasteiger partial charge in [-0.15, -0.1) is 0 Å². The van der Waals surface area contributed by atoms with Gasteiger partial charge in [0.1, 0.15) is 5.60 Å². The minimum atomic E-state index is -0.955. The van der Waals surface area contributed by atoms with E-state index in [1.54, 1.807) is 0 Å². The van der Waals surface area contributed by atoms with Crippen LogP contribution in [-0.4, -0.2) is 22.3 Å². The van der Waals surface area contributed by atoms with Crippen LogP contribution in [0.3, 0.4) is 0 Å². The van der Waals surface area contributed by atoms with E-state index < -0.39 is 11.2 Å². The number of carbonyl (C=O) groups excluding carboxylic acids is 1. The number of fused-ring (bicyclic) bond motifs is 2. The maximum atomic E-state index is 12.2. The van der Waals surface area contributed by atoms with Gasteiger partial charge in [-0.05, 0) is 57.1 Å². The molecular formula is C20H26O3. The Morgan fingerprint density at radius 1 is 1.26 bits per heavy atom. The van der Waals surface area contributed by atoms with Gasteiger partial charge in [-0.1, -0.05) is 36.4 Å². The molecule has 1 fully saturated rings. The first kappa shape index (κ1) is 16.3. The molecule has 1 saturated carbocycles. The Kier molecular flexibility index (Phi) is 4.09. The fraction of sp³-hybridized carbons (Fsp3) is 0.550. The monoisotopic (exact) mass is 314 g/mol. The summed E-state index contributed by atoms with van der Waals surface area (Å²) in [6, 6.07) is 10.4. The summed E-state index contributed by atoms with van der Waals surface area (Å²) < 4.78 is 5.41. The van der Waals surface area contributed by atoms with Crippen LogP contribution < -0.4 is 0 Å². The minimum Gasteiger partial charge on any atom is -0.460 e. The number of hydrogen-bond donors (Lipinski definition) is 1. The van der Waals surface area contributed by atoms with Crippen molar-refractivity contribution in [2.75, 3.05) is 0 Å². The SMILES string of the molecule is CC(C)(C)OC(=O)C[C@]1(O)C[C@H]2CC[C@@H]1C=C2c1ccccc1. The number of aliphatic hydroxyl groups is 1. The van der Waals surface area contributed by atoms with Gasteiger partial charge in [0.15, 0.2) is 0 Å². The number of ether oxygens (including phenoxy) is 1. The highest BCUT2D eigenvalue weighted by atomic mass is 16.6. The quantitative estimate of drug-likeness (QED) is 0.859. The second-order valence-corrected chi connectivity index (χ2v) is 7.94. The van der Waals surface area contributed by atoms with Crippen LogP contribution in [0.4, 0.5) is 0 Å². The van der Waals surface area contributed by atoms with Gasteiger partial charge < -0.3 is 9.84 Å². The van der Waals surface area contributed by atoms with Gasteiger partial charge in [-0.3, -0.25) is 4.79 Å². The second-order valence-electron chi connectivity index (χ2n) is 7.94. The predicted octanol–water partition coefficient (Wildman–Crippen LogP) is 3.96. The summed E-state index contributed by atoms with van der Waals surface area (Å²) in [6.45, 7) is 5.57. The Balaban J connectivity index is 1.78. The molecule has 0 spiro atoms. The van der Waals surface area contributed by atoms with Crippen LogP contribution in [0, 0.1) is 11.8 Å². The second kappa shape index (κ2) is 5.79. The Morgan fingerprint density at radius 3 is 2.52 bits per heavy atom. The lowest BCUT2D eigenvalue weighted by Gasteiger charge is -2.47. The summed E-state index contributed by atoms with van der Waals surface area (Å²) in [5, 5.41) is 11.0. The number of benzene rings is 1. The molecule has 0 aromatic heterocycles. The van der Waals surface area contributed by atoms with Crippen molar-refractivity contribution >= 4 is 11.5 Å². The molecule has 1 aromatic rings. The molecule has 0 heterocycles. The third-order valence-electron chi connectivity index (χ3n) is 4.91. The van der Waals surface area contributed by atoms with Crippen molar-refractivity contribution in [3.63, 3.8) is 0 Å². The summed E-state index contributed by atoms with van der Waals surface area (Å²) in [5.41, 5.74) is 1.10. The summed E-state index contributed by atoms with van der Waals surface area (Å²) >= 11 is 0. The van der Waals surface area contributed by atoms with Gasteiger partial charge in [0, 0.05) is 5.92 Å². The number of allylic oxidation sites excluding steroid dienone is 1. The lowest BCUT2D eigenvalue weighted by Crippen LogP contribution is -2.48. The summed E-state index contributed by atoms with van der Waals surface area (Å²) in [5.74, 6) is 0.0623. The molecule has 3 heteroatoms. The van der Waals surface area contributed by atoms with E-state index >= 15 is 0 Å². The summed E-state index contributed by atoms with van der Waals surface area (Å²) in [7, 11) is 0. The number of carbonyl (C=O) groups is 1. The van der Waals surface area contributed by atoms with Crippen molar-refractivity contribution in [3.8, 4) is 0 Å². The normalized spacial score (nSPS) is 30.0. The Hall–Kier alpha value is -1.61. The smallest absolute Gasteiger partial charge is 0.309 e. The van der Waals surface area contributed by atoms with Crippen LogP contribution in [0.25, 0.3) is 5.57 Å². The highest BCUT2D eigenvalue weighted by molar-refractivity contribution is 5.74. The fourth-order valence-electron chi connectivity index (χ4n) is 3.98. The first-order valence-corrected chi connectivity index (χ1v) is 8.48. The maximum absolute atomic E-state index is 12.2. The van der Waals surface area contributed by atoms with Crippen LogP contribution in [-0.2, 0) is 9.53 Å². The molecule has 3 nitrogen and oxygen atoms in total. The van der Waals surface area contributed by atoms with Crippen LogP contribution >= 0.6 is 0 Å². The van der Waals surface area contributed by atoms with Gasteiger partial charge in [-0.2, -0.15) is 0 Å². The third-order valence-corrected chi connectivity index (χ3v) is 4.91. The van der Waals surface area contributed by atoms with E-state index in [-0.39, 0.29) is 18.3 Å². The van der Waals surface area contributed by atoms with Crippen LogP contribution in [0.15, 0.2) is 36.4 Å². The van der Waals surface area contributed by atoms with Crippen LogP contribution in [0.2, 0.25) is 0 Å². The molecule has 3 atom stereocenters. The molecule has 3 aliphatic rings. The molecule has 4 rings (SSSR count). The predicted molar refractivity (Wildman–Crippen MR) is 90.7 cm³/mol. The van der Waals surface area contributed by atoms with E-state index in [0.29, 0.717) is 12.3 Å². The molecule has 1 N–H and O–H groups in total. The van der Waals surface area contributed by atoms with Gasteiger partial charge in [0.05, 0.1) is 12.0 Å². The van der Waals surface area contributed by atoms with E-state index in [2.05, 4.69) is 18.2 Å². The molecule has 0 aliphatic heterocycles. The van der Waals surface area contributed by atoms with Crippen molar-refractivity contribution in [1.82, 2.24) is 0 Å². The Labute approximate surface area is 138 Å². The largest absolute Gasteiger partial charge is 0.460 e. The van der Waals surface area contributed by atoms with E-state index in [4.69, 9.17) is 4.74 Å². The fourth-order valence-corrected chi connectivity index (χ4v) is 3.98. The van der Waals surface area contributed by atoms with Crippen molar-refractivity contribution < 1.29 is 14.6 Å². The van der Waals surface area contributed by atoms with Gasteiger partial charge in [0.2, 0.25) is 0 Å². The lowest BCUT2D eigenvalue weighted by molar-refractivity contribution is -0.164. The average Bonchev–Trinajstić information content (AvgIpc) is 2.46.